The third kappa shape index (κ3) is 5.52. The van der Waals surface area contributed by atoms with Crippen molar-refractivity contribution in [3.8, 4) is 5.75 Å². The molecular weight excluding hydrogens is 427 g/mol. The van der Waals surface area contributed by atoms with Crippen molar-refractivity contribution < 1.29 is 19.1 Å². The minimum Gasteiger partial charge on any atom is -0.492 e. The van der Waals surface area contributed by atoms with E-state index in [1.165, 1.54) is 0 Å². The van der Waals surface area contributed by atoms with Crippen LogP contribution in [-0.2, 0) is 16.0 Å². The molecule has 0 unspecified atom stereocenters. The summed E-state index contributed by atoms with van der Waals surface area (Å²) in [5, 5.41) is 3.70. The second-order valence-electron chi connectivity index (χ2n) is 7.02. The number of nitrogens with zero attached hydrogens (tertiary/aromatic N) is 1. The van der Waals surface area contributed by atoms with E-state index in [1.807, 2.05) is 0 Å². The van der Waals surface area contributed by atoms with Crippen molar-refractivity contribution in [1.82, 2.24) is 5.32 Å². The summed E-state index contributed by atoms with van der Waals surface area (Å²) in [6.07, 6.45) is 1.32. The summed E-state index contributed by atoms with van der Waals surface area (Å²) in [5.74, 6) is 0.328. The van der Waals surface area contributed by atoms with Gasteiger partial charge < -0.3 is 15.0 Å². The van der Waals surface area contributed by atoms with E-state index in [0.29, 0.717) is 40.8 Å². The van der Waals surface area contributed by atoms with Gasteiger partial charge in [0, 0.05) is 42.7 Å². The molecule has 2 amide bonds. The first-order valence-electron chi connectivity index (χ1n) is 9.62. The molecule has 0 radical (unpaired) electrons. The van der Waals surface area contributed by atoms with Crippen molar-refractivity contribution in [2.45, 2.75) is 25.7 Å². The average Bonchev–Trinajstić information content (AvgIpc) is 2.99. The number of ketones is 1. The number of halogens is 2. The highest BCUT2D eigenvalue weighted by atomic mass is 35.5. The molecule has 0 bridgehead atoms. The summed E-state index contributed by atoms with van der Waals surface area (Å²) >= 11 is 11.9. The second-order valence-corrected chi connectivity index (χ2v) is 7.87. The number of anilines is 1. The van der Waals surface area contributed by atoms with Crippen molar-refractivity contribution in [3.05, 3.63) is 57.6 Å². The largest absolute Gasteiger partial charge is 0.492 e. The van der Waals surface area contributed by atoms with E-state index in [9.17, 15) is 14.4 Å². The van der Waals surface area contributed by atoms with Crippen LogP contribution in [-0.4, -0.2) is 37.8 Å². The third-order valence-electron chi connectivity index (χ3n) is 4.85. The fraction of sp³-hybridized carbons (Fsp3) is 0.318. The summed E-state index contributed by atoms with van der Waals surface area (Å²) in [7, 11) is 1.72. The highest BCUT2D eigenvalue weighted by Crippen LogP contribution is 2.29. The topological polar surface area (TPSA) is 75.7 Å². The number of hydrogen-bond acceptors (Lipinski definition) is 4. The van der Waals surface area contributed by atoms with Crippen molar-refractivity contribution in [3.63, 3.8) is 0 Å². The summed E-state index contributed by atoms with van der Waals surface area (Å²) in [6, 6.07) is 10.2. The average molecular weight is 449 g/mol. The number of rotatable bonds is 9. The number of likely N-dealkylation sites (N-methyl/N-ethyl adjacent to an activating group) is 1. The van der Waals surface area contributed by atoms with Gasteiger partial charge in [0.05, 0.1) is 18.1 Å². The van der Waals surface area contributed by atoms with Crippen molar-refractivity contribution in [2.24, 2.45) is 0 Å². The number of carbonyl (C=O) groups is 3. The van der Waals surface area contributed by atoms with Crippen LogP contribution in [0.1, 0.15) is 35.2 Å². The van der Waals surface area contributed by atoms with Gasteiger partial charge in [-0.05, 0) is 48.4 Å². The van der Waals surface area contributed by atoms with E-state index in [-0.39, 0.29) is 37.0 Å². The lowest BCUT2D eigenvalue weighted by molar-refractivity contribution is -0.121. The van der Waals surface area contributed by atoms with Gasteiger partial charge in [-0.2, -0.15) is 0 Å². The minimum atomic E-state index is -0.144. The normalized spacial score (nSPS) is 12.6. The van der Waals surface area contributed by atoms with E-state index in [0.717, 1.165) is 11.3 Å². The molecule has 1 N–H and O–H groups in total. The lowest BCUT2D eigenvalue weighted by atomic mass is 10.0. The maximum atomic E-state index is 12.4. The Labute approximate surface area is 185 Å². The molecule has 2 aromatic carbocycles. The molecule has 8 heteroatoms. The molecule has 1 aliphatic rings. The lowest BCUT2D eigenvalue weighted by Crippen LogP contribution is -2.26. The molecule has 0 spiro atoms. The number of amides is 2. The van der Waals surface area contributed by atoms with Crippen molar-refractivity contribution in [1.29, 1.82) is 0 Å². The number of fused-ring (bicyclic) bond motifs is 1. The van der Waals surface area contributed by atoms with Gasteiger partial charge in [-0.15, -0.1) is 0 Å². The third-order valence-corrected chi connectivity index (χ3v) is 5.38. The molecule has 0 saturated carbocycles. The Balaban J connectivity index is 1.36. The molecule has 0 aromatic heterocycles. The lowest BCUT2D eigenvalue weighted by Gasteiger charge is -2.10. The minimum absolute atomic E-state index is 0.0178. The van der Waals surface area contributed by atoms with E-state index >= 15 is 0 Å². The van der Waals surface area contributed by atoms with Crippen molar-refractivity contribution in [2.75, 3.05) is 25.1 Å². The Hall–Kier alpha value is -2.57. The number of nitrogens with one attached hydrogen (secondary N) is 1. The molecule has 0 fully saturated rings. The number of ether oxygens (including phenoxy) is 1. The summed E-state index contributed by atoms with van der Waals surface area (Å²) in [6.45, 7) is 0.605. The predicted molar refractivity (Wildman–Crippen MR) is 117 cm³/mol. The molecule has 1 aliphatic heterocycles. The van der Waals surface area contributed by atoms with Crippen LogP contribution in [0.5, 0.6) is 5.75 Å². The fourth-order valence-electron chi connectivity index (χ4n) is 3.20. The second kappa shape index (κ2) is 9.96. The number of benzene rings is 2. The molecule has 0 aliphatic carbocycles. The Morgan fingerprint density at radius 1 is 1.13 bits per heavy atom. The Kier molecular flexibility index (Phi) is 7.34. The standard InChI is InChI=1S/C22H22Cl2N2O4/c1-26-18-6-4-14(11-15(18)12-22(26)29)19(27)8-9-25-21(28)3-2-10-30-20-7-5-16(23)13-17(20)24/h4-7,11,13H,2-3,8-10,12H2,1H3,(H,25,28). The van der Waals surface area contributed by atoms with E-state index < -0.39 is 0 Å². The first-order valence-corrected chi connectivity index (χ1v) is 10.4. The van der Waals surface area contributed by atoms with Gasteiger partial charge in [0.2, 0.25) is 11.8 Å². The molecule has 2 aromatic rings. The monoisotopic (exact) mass is 448 g/mol. The number of hydrogen-bond donors (Lipinski definition) is 1. The molecule has 3 rings (SSSR count). The maximum absolute atomic E-state index is 12.4. The van der Waals surface area contributed by atoms with Gasteiger partial charge in [0.1, 0.15) is 5.75 Å². The Morgan fingerprint density at radius 2 is 1.93 bits per heavy atom. The quantitative estimate of drug-likeness (QED) is 0.463. The molecular formula is C22H22Cl2N2O4. The zero-order chi connectivity index (χ0) is 21.7. The molecule has 1 heterocycles. The van der Waals surface area contributed by atoms with Gasteiger partial charge in [0.25, 0.3) is 0 Å². The van der Waals surface area contributed by atoms with Crippen LogP contribution >= 0.6 is 23.2 Å². The van der Waals surface area contributed by atoms with Crippen LogP contribution in [0.4, 0.5) is 5.69 Å². The zero-order valence-electron chi connectivity index (χ0n) is 16.5. The van der Waals surface area contributed by atoms with E-state index in [4.69, 9.17) is 27.9 Å². The van der Waals surface area contributed by atoms with Gasteiger partial charge in [0.15, 0.2) is 5.78 Å². The first-order chi connectivity index (χ1) is 14.3. The molecule has 0 atom stereocenters. The zero-order valence-corrected chi connectivity index (χ0v) is 18.1. The molecule has 30 heavy (non-hydrogen) atoms. The Morgan fingerprint density at radius 3 is 2.70 bits per heavy atom. The van der Waals surface area contributed by atoms with Crippen LogP contribution in [0.3, 0.4) is 0 Å². The summed E-state index contributed by atoms with van der Waals surface area (Å²) < 4.78 is 5.54. The Bertz CT molecular complexity index is 978. The predicted octanol–water partition coefficient (Wildman–Crippen LogP) is 4.06. The maximum Gasteiger partial charge on any atom is 0.231 e. The van der Waals surface area contributed by atoms with Crippen LogP contribution in [0, 0.1) is 0 Å². The summed E-state index contributed by atoms with van der Waals surface area (Å²) in [4.78, 5) is 37.7. The number of Topliss-reactive ketones (excluding diaryl/α,β-unsaturated/α-hetero) is 1. The fourth-order valence-corrected chi connectivity index (χ4v) is 3.66. The van der Waals surface area contributed by atoms with Crippen LogP contribution in [0.25, 0.3) is 0 Å². The molecule has 0 saturated heterocycles. The summed E-state index contributed by atoms with van der Waals surface area (Å²) in [5.41, 5.74) is 2.25. The molecule has 6 nitrogen and oxygen atoms in total. The number of carbonyl (C=O) groups excluding carboxylic acids is 3. The smallest absolute Gasteiger partial charge is 0.231 e. The first kappa shape index (κ1) is 22.1. The van der Waals surface area contributed by atoms with E-state index in [1.54, 1.807) is 48.3 Å². The molecule has 158 valence electrons. The van der Waals surface area contributed by atoms with Crippen molar-refractivity contribution >= 4 is 46.5 Å². The van der Waals surface area contributed by atoms with Gasteiger partial charge in [-0.3, -0.25) is 14.4 Å². The van der Waals surface area contributed by atoms with Crippen LogP contribution in [0.15, 0.2) is 36.4 Å². The van der Waals surface area contributed by atoms with E-state index in [2.05, 4.69) is 5.32 Å². The van der Waals surface area contributed by atoms with Gasteiger partial charge >= 0.3 is 0 Å². The van der Waals surface area contributed by atoms with Gasteiger partial charge in [-0.1, -0.05) is 23.2 Å². The highest BCUT2D eigenvalue weighted by molar-refractivity contribution is 6.35. The van der Waals surface area contributed by atoms with Crippen LogP contribution in [0.2, 0.25) is 10.0 Å². The highest BCUT2D eigenvalue weighted by Gasteiger charge is 2.24. The van der Waals surface area contributed by atoms with Gasteiger partial charge in [-0.25, -0.2) is 0 Å². The SMILES string of the molecule is CN1C(=O)Cc2cc(C(=O)CCNC(=O)CCCOc3ccc(Cl)cc3Cl)ccc21. The van der Waals surface area contributed by atoms with Crippen LogP contribution < -0.4 is 15.0 Å².